The number of fused-ring (bicyclic) bond motifs is 3. The van der Waals surface area contributed by atoms with Crippen LogP contribution in [0, 0.1) is 34.5 Å². The second-order valence-corrected chi connectivity index (χ2v) is 10.6. The van der Waals surface area contributed by atoms with Crippen LogP contribution in [0.1, 0.15) is 65.7 Å². The minimum atomic E-state index is -0.457. The zero-order valence-corrected chi connectivity index (χ0v) is 17.9. The fourth-order valence-corrected chi connectivity index (χ4v) is 8.30. The van der Waals surface area contributed by atoms with Gasteiger partial charge in [0, 0.05) is 30.6 Å². The fourth-order valence-electron chi connectivity index (χ4n) is 8.30. The maximum atomic E-state index is 13.6. The third kappa shape index (κ3) is 2.35. The number of methoxy groups -OCH3 is 1. The van der Waals surface area contributed by atoms with Crippen LogP contribution in [-0.2, 0) is 28.6 Å². The highest BCUT2D eigenvalue weighted by molar-refractivity contribution is 5.87. The summed E-state index contributed by atoms with van der Waals surface area (Å²) < 4.78 is 17.0. The molecule has 6 heteroatoms. The molecule has 6 nitrogen and oxygen atoms in total. The second kappa shape index (κ2) is 6.05. The Morgan fingerprint density at radius 2 is 1.90 bits per heavy atom. The number of esters is 2. The number of ketones is 1. The molecule has 0 amide bonds. The number of carbonyl (C=O) groups excluding carboxylic acids is 3. The van der Waals surface area contributed by atoms with Crippen LogP contribution < -0.4 is 0 Å². The van der Waals surface area contributed by atoms with E-state index < -0.39 is 5.41 Å². The van der Waals surface area contributed by atoms with Gasteiger partial charge in [0.25, 0.3) is 0 Å². The molecule has 0 aromatic carbocycles. The van der Waals surface area contributed by atoms with Gasteiger partial charge in [-0.05, 0) is 49.9 Å². The average Bonchev–Trinajstić information content (AvgIpc) is 3.32. The SMILES string of the molecule is COC(=O)[C@@H]1C[C@@H]2O[C@@]23[C@@H]2CC[C@@H]4C[C@H](OC(C)=O)CC[C@]4(C)[C@H]2C(=O)C[C@@]13C. The molecular weight excluding hydrogens is 372 g/mol. The predicted octanol–water partition coefficient (Wildman–Crippen LogP) is 3.06. The molecule has 1 aliphatic heterocycles. The molecule has 4 saturated carbocycles. The summed E-state index contributed by atoms with van der Waals surface area (Å²) in [5.41, 5.74) is -0.876. The van der Waals surface area contributed by atoms with Gasteiger partial charge in [0.1, 0.15) is 17.5 Å². The molecule has 0 radical (unpaired) electrons. The summed E-state index contributed by atoms with van der Waals surface area (Å²) in [4.78, 5) is 37.5. The third-order valence-corrected chi connectivity index (χ3v) is 9.55. The summed E-state index contributed by atoms with van der Waals surface area (Å²) in [7, 11) is 1.43. The van der Waals surface area contributed by atoms with Crippen LogP contribution in [0.15, 0.2) is 0 Å². The number of epoxide rings is 1. The van der Waals surface area contributed by atoms with Gasteiger partial charge in [-0.3, -0.25) is 14.4 Å². The summed E-state index contributed by atoms with van der Waals surface area (Å²) in [5, 5.41) is 0. The van der Waals surface area contributed by atoms with Crippen molar-refractivity contribution in [3.8, 4) is 0 Å². The van der Waals surface area contributed by atoms with Crippen molar-refractivity contribution in [2.45, 2.75) is 83.5 Å². The predicted molar refractivity (Wildman–Crippen MR) is 103 cm³/mol. The van der Waals surface area contributed by atoms with Gasteiger partial charge in [-0.1, -0.05) is 13.8 Å². The first kappa shape index (κ1) is 19.5. The van der Waals surface area contributed by atoms with Crippen LogP contribution in [0.4, 0.5) is 0 Å². The summed E-state index contributed by atoms with van der Waals surface area (Å²) in [6.07, 6.45) is 5.69. The molecule has 1 spiro atoms. The van der Waals surface area contributed by atoms with Crippen LogP contribution in [0.2, 0.25) is 0 Å². The second-order valence-electron chi connectivity index (χ2n) is 10.6. The minimum Gasteiger partial charge on any atom is -0.469 e. The molecule has 0 N–H and O–H groups in total. The zero-order chi connectivity index (χ0) is 20.8. The van der Waals surface area contributed by atoms with Crippen molar-refractivity contribution >= 4 is 17.7 Å². The van der Waals surface area contributed by atoms with E-state index in [1.165, 1.54) is 14.0 Å². The zero-order valence-electron chi connectivity index (χ0n) is 17.9. The number of rotatable bonds is 2. The van der Waals surface area contributed by atoms with Crippen molar-refractivity contribution < 1.29 is 28.6 Å². The molecule has 1 heterocycles. The van der Waals surface area contributed by atoms with Crippen LogP contribution in [0.25, 0.3) is 0 Å². The van der Waals surface area contributed by atoms with Crippen LogP contribution in [0.3, 0.4) is 0 Å². The standard InChI is InChI=1S/C23H32O6/c1-12(24)28-14-7-8-21(2)13(9-14)5-6-15-19(21)17(25)11-22(3)16(20(26)27-4)10-18-23(15,22)29-18/h13-16,18-19H,5-11H2,1-4H3/t13-,14-,15-,16+,18+,19-,21+,22+,23+/m1/s1. The highest BCUT2D eigenvalue weighted by Gasteiger charge is 2.83. The molecule has 5 fully saturated rings. The summed E-state index contributed by atoms with van der Waals surface area (Å²) in [6.45, 7) is 5.83. The lowest BCUT2D eigenvalue weighted by molar-refractivity contribution is -0.179. The minimum absolute atomic E-state index is 0.0194. The molecule has 9 atom stereocenters. The summed E-state index contributed by atoms with van der Waals surface area (Å²) in [5.74, 6) is 0.184. The van der Waals surface area contributed by atoms with E-state index >= 15 is 0 Å². The monoisotopic (exact) mass is 404 g/mol. The average molecular weight is 405 g/mol. The summed E-state index contributed by atoms with van der Waals surface area (Å²) in [6, 6.07) is 0. The third-order valence-electron chi connectivity index (χ3n) is 9.55. The maximum Gasteiger partial charge on any atom is 0.309 e. The highest BCUT2D eigenvalue weighted by Crippen LogP contribution is 2.75. The number of hydrogen-bond acceptors (Lipinski definition) is 6. The van der Waals surface area contributed by atoms with E-state index in [4.69, 9.17) is 14.2 Å². The van der Waals surface area contributed by atoms with Crippen molar-refractivity contribution in [2.24, 2.45) is 34.5 Å². The Kier molecular flexibility index (Phi) is 4.08. The fraction of sp³-hybridized carbons (Fsp3) is 0.870. The molecule has 5 rings (SSSR count). The van der Waals surface area contributed by atoms with Crippen LogP contribution >= 0.6 is 0 Å². The van der Waals surface area contributed by atoms with Gasteiger partial charge in [0.05, 0.1) is 19.1 Å². The Labute approximate surface area is 172 Å². The molecule has 0 aromatic heterocycles. The molecule has 0 bridgehead atoms. The Morgan fingerprint density at radius 3 is 2.59 bits per heavy atom. The van der Waals surface area contributed by atoms with Gasteiger partial charge < -0.3 is 14.2 Å². The van der Waals surface area contributed by atoms with E-state index in [1.807, 2.05) is 0 Å². The van der Waals surface area contributed by atoms with E-state index in [0.29, 0.717) is 24.5 Å². The lowest BCUT2D eigenvalue weighted by Crippen LogP contribution is -2.62. The molecule has 1 saturated heterocycles. The van der Waals surface area contributed by atoms with E-state index in [0.717, 1.165) is 32.1 Å². The summed E-state index contributed by atoms with van der Waals surface area (Å²) >= 11 is 0. The Morgan fingerprint density at radius 1 is 1.14 bits per heavy atom. The molecule has 160 valence electrons. The molecular formula is C23H32O6. The lowest BCUT2D eigenvalue weighted by Gasteiger charge is -2.59. The molecule has 5 aliphatic rings. The van der Waals surface area contributed by atoms with Gasteiger partial charge in [0.2, 0.25) is 0 Å². The van der Waals surface area contributed by atoms with E-state index in [9.17, 15) is 14.4 Å². The first-order chi connectivity index (χ1) is 13.7. The number of ether oxygens (including phenoxy) is 3. The van der Waals surface area contributed by atoms with Crippen molar-refractivity contribution in [3.63, 3.8) is 0 Å². The normalized spacial score (nSPS) is 52.5. The van der Waals surface area contributed by atoms with Crippen molar-refractivity contribution in [2.75, 3.05) is 7.11 Å². The van der Waals surface area contributed by atoms with Crippen molar-refractivity contribution in [1.29, 1.82) is 0 Å². The van der Waals surface area contributed by atoms with Crippen molar-refractivity contribution in [1.82, 2.24) is 0 Å². The topological polar surface area (TPSA) is 82.2 Å². The van der Waals surface area contributed by atoms with Gasteiger partial charge in [0.15, 0.2) is 0 Å². The molecule has 4 aliphatic carbocycles. The Bertz CT molecular complexity index is 777. The van der Waals surface area contributed by atoms with Crippen molar-refractivity contribution in [3.05, 3.63) is 0 Å². The first-order valence-electron chi connectivity index (χ1n) is 11.1. The molecule has 0 unspecified atom stereocenters. The first-order valence-corrected chi connectivity index (χ1v) is 11.1. The Hall–Kier alpha value is -1.43. The maximum absolute atomic E-state index is 13.6. The van der Waals surface area contributed by atoms with Gasteiger partial charge in [-0.2, -0.15) is 0 Å². The number of carbonyl (C=O) groups is 3. The van der Waals surface area contributed by atoms with Crippen LogP contribution in [0.5, 0.6) is 0 Å². The van der Waals surface area contributed by atoms with Gasteiger partial charge in [-0.15, -0.1) is 0 Å². The molecule has 0 aromatic rings. The van der Waals surface area contributed by atoms with E-state index in [-0.39, 0.29) is 52.9 Å². The van der Waals surface area contributed by atoms with Gasteiger partial charge in [-0.25, -0.2) is 0 Å². The quantitative estimate of drug-likeness (QED) is 0.520. The van der Waals surface area contributed by atoms with E-state index in [2.05, 4.69) is 13.8 Å². The number of hydrogen-bond donors (Lipinski definition) is 0. The van der Waals surface area contributed by atoms with Gasteiger partial charge >= 0.3 is 11.9 Å². The number of Topliss-reactive ketones (excluding diaryl/α,β-unsaturated/α-hetero) is 1. The smallest absolute Gasteiger partial charge is 0.309 e. The van der Waals surface area contributed by atoms with Crippen LogP contribution in [-0.4, -0.2) is 42.6 Å². The highest BCUT2D eigenvalue weighted by atomic mass is 16.6. The Balaban J connectivity index is 1.46. The van der Waals surface area contributed by atoms with E-state index in [1.54, 1.807) is 0 Å². The largest absolute Gasteiger partial charge is 0.469 e. The lowest BCUT2D eigenvalue weighted by atomic mass is 9.44. The molecule has 29 heavy (non-hydrogen) atoms.